The summed E-state index contributed by atoms with van der Waals surface area (Å²) >= 11 is 0. The van der Waals surface area contributed by atoms with Crippen LogP contribution >= 0.6 is 0 Å². The third kappa shape index (κ3) is 4.67. The van der Waals surface area contributed by atoms with E-state index in [0.29, 0.717) is 12.0 Å². The van der Waals surface area contributed by atoms with Crippen molar-refractivity contribution in [1.29, 1.82) is 5.26 Å². The van der Waals surface area contributed by atoms with Gasteiger partial charge in [-0.05, 0) is 24.8 Å². The Morgan fingerprint density at radius 3 is 2.26 bits per heavy atom. The highest BCUT2D eigenvalue weighted by atomic mass is 17.2. The van der Waals surface area contributed by atoms with Gasteiger partial charge in [-0.3, -0.25) is 4.89 Å². The van der Waals surface area contributed by atoms with Crippen LogP contribution in [0.25, 0.3) is 0 Å². The van der Waals surface area contributed by atoms with Crippen LogP contribution in [-0.2, 0) is 26.6 Å². The molecule has 0 radical (unpaired) electrons. The molecule has 1 atom stereocenters. The van der Waals surface area contributed by atoms with Crippen molar-refractivity contribution in [2.75, 3.05) is 0 Å². The zero-order valence-electron chi connectivity index (χ0n) is 13.1. The maximum Gasteiger partial charge on any atom is 0.339 e. The lowest BCUT2D eigenvalue weighted by molar-refractivity contribution is -0.323. The molecule has 2 rings (SSSR count). The first-order valence-electron chi connectivity index (χ1n) is 7.53. The number of aryl methyl sites for hydroxylation is 1. The van der Waals surface area contributed by atoms with E-state index < -0.39 is 11.6 Å². The molecule has 1 unspecified atom stereocenters. The number of benzene rings is 2. The molecule has 2 aromatic rings. The maximum absolute atomic E-state index is 11.1. The van der Waals surface area contributed by atoms with Crippen LogP contribution in [0.5, 0.6) is 0 Å². The third-order valence-electron chi connectivity index (χ3n) is 3.56. The van der Waals surface area contributed by atoms with Gasteiger partial charge in [-0.2, -0.15) is 10.1 Å². The predicted octanol–water partition coefficient (Wildman–Crippen LogP) is 3.92. The van der Waals surface area contributed by atoms with Gasteiger partial charge in [-0.15, -0.1) is 0 Å². The molecule has 0 amide bonds. The largest absolute Gasteiger partial charge is 0.339 e. The van der Waals surface area contributed by atoms with Gasteiger partial charge in [0.15, 0.2) is 0 Å². The van der Waals surface area contributed by atoms with Crippen LogP contribution in [0.2, 0.25) is 0 Å². The molecule has 4 heteroatoms. The number of nitriles is 1. The van der Waals surface area contributed by atoms with E-state index in [1.165, 1.54) is 12.5 Å². The summed E-state index contributed by atoms with van der Waals surface area (Å²) in [6.07, 6.45) is 1.98. The van der Waals surface area contributed by atoms with Crippen molar-refractivity contribution < 1.29 is 14.6 Å². The van der Waals surface area contributed by atoms with E-state index in [2.05, 4.69) is 6.07 Å². The van der Waals surface area contributed by atoms with Crippen LogP contribution in [0.1, 0.15) is 30.9 Å². The Morgan fingerprint density at radius 1 is 1.09 bits per heavy atom. The topological polar surface area (TPSA) is 59.3 Å². The summed E-state index contributed by atoms with van der Waals surface area (Å²) in [5.74, 6) is -0.580. The van der Waals surface area contributed by atoms with Gasteiger partial charge in [0.1, 0.15) is 6.07 Å². The van der Waals surface area contributed by atoms with E-state index in [0.717, 1.165) is 12.8 Å². The number of hydrogen-bond acceptors (Lipinski definition) is 4. The minimum atomic E-state index is -1.29. The standard InChI is InChI=1S/C19H19NO3/c1-16(21)22-23-19(15-20,18-12-6-3-7-13-18)14-8-11-17-9-4-2-5-10-17/h2-7,9-10,12-13H,8,11,14H2,1H3. The monoisotopic (exact) mass is 309 g/mol. The van der Waals surface area contributed by atoms with Crippen molar-refractivity contribution in [3.63, 3.8) is 0 Å². The third-order valence-corrected chi connectivity index (χ3v) is 3.56. The maximum atomic E-state index is 11.1. The van der Waals surface area contributed by atoms with Gasteiger partial charge in [-0.1, -0.05) is 60.7 Å². The zero-order valence-corrected chi connectivity index (χ0v) is 13.1. The minimum Gasteiger partial charge on any atom is -0.297 e. The summed E-state index contributed by atoms with van der Waals surface area (Å²) < 4.78 is 0. The number of hydrogen-bond donors (Lipinski definition) is 0. The Bertz CT molecular complexity index is 664. The highest BCUT2D eigenvalue weighted by molar-refractivity contribution is 5.65. The van der Waals surface area contributed by atoms with Gasteiger partial charge < -0.3 is 0 Å². The number of rotatable bonds is 7. The Hall–Kier alpha value is -2.64. The molecule has 2 aromatic carbocycles. The van der Waals surface area contributed by atoms with E-state index in [4.69, 9.17) is 9.78 Å². The summed E-state index contributed by atoms with van der Waals surface area (Å²) in [5, 5.41) is 9.67. The first-order valence-corrected chi connectivity index (χ1v) is 7.53. The summed E-state index contributed by atoms with van der Waals surface area (Å²) in [6, 6.07) is 21.3. The lowest BCUT2D eigenvalue weighted by atomic mass is 9.89. The molecule has 0 spiro atoms. The Kier molecular flexibility index (Phi) is 5.90. The fourth-order valence-corrected chi connectivity index (χ4v) is 2.40. The molecule has 0 N–H and O–H groups in total. The van der Waals surface area contributed by atoms with E-state index in [-0.39, 0.29) is 0 Å². The smallest absolute Gasteiger partial charge is 0.297 e. The van der Waals surface area contributed by atoms with E-state index in [1.807, 2.05) is 48.5 Å². The van der Waals surface area contributed by atoms with Crippen molar-refractivity contribution in [2.45, 2.75) is 31.8 Å². The molecule has 0 heterocycles. The SMILES string of the molecule is CC(=O)OOC(C#N)(CCCc1ccccc1)c1ccccc1. The van der Waals surface area contributed by atoms with Crippen molar-refractivity contribution in [1.82, 2.24) is 0 Å². The quantitative estimate of drug-likeness (QED) is 0.574. The van der Waals surface area contributed by atoms with Crippen molar-refractivity contribution >= 4 is 5.97 Å². The molecule has 118 valence electrons. The zero-order chi connectivity index (χ0) is 16.5. The van der Waals surface area contributed by atoms with Crippen LogP contribution < -0.4 is 0 Å². The van der Waals surface area contributed by atoms with Gasteiger partial charge >= 0.3 is 5.97 Å². The fraction of sp³-hybridized carbons (Fsp3) is 0.263. The van der Waals surface area contributed by atoms with Crippen molar-refractivity contribution in [3.05, 3.63) is 71.8 Å². The lowest BCUT2D eigenvalue weighted by Crippen LogP contribution is -2.29. The van der Waals surface area contributed by atoms with Gasteiger partial charge in [-0.25, -0.2) is 4.79 Å². The van der Waals surface area contributed by atoms with Gasteiger partial charge in [0.05, 0.1) is 0 Å². The molecule has 0 aliphatic rings. The summed E-state index contributed by atoms with van der Waals surface area (Å²) in [7, 11) is 0. The van der Waals surface area contributed by atoms with Crippen molar-refractivity contribution in [2.24, 2.45) is 0 Å². The Balaban J connectivity index is 2.12. The van der Waals surface area contributed by atoms with Crippen LogP contribution in [-0.4, -0.2) is 5.97 Å². The first kappa shape index (κ1) is 16.7. The van der Waals surface area contributed by atoms with E-state index >= 15 is 0 Å². The predicted molar refractivity (Wildman–Crippen MR) is 86.0 cm³/mol. The Morgan fingerprint density at radius 2 is 1.70 bits per heavy atom. The van der Waals surface area contributed by atoms with Crippen molar-refractivity contribution in [3.8, 4) is 6.07 Å². The van der Waals surface area contributed by atoms with Crippen LogP contribution in [0.4, 0.5) is 0 Å². The molecule has 4 nitrogen and oxygen atoms in total. The van der Waals surface area contributed by atoms with Gasteiger partial charge in [0, 0.05) is 12.5 Å². The average molecular weight is 309 g/mol. The average Bonchev–Trinajstić information content (AvgIpc) is 2.60. The van der Waals surface area contributed by atoms with E-state index in [9.17, 15) is 10.1 Å². The molecule has 0 fully saturated rings. The highest BCUT2D eigenvalue weighted by Gasteiger charge is 2.36. The van der Waals surface area contributed by atoms with Gasteiger partial charge in [0.25, 0.3) is 0 Å². The molecule has 0 aromatic heterocycles. The van der Waals surface area contributed by atoms with Crippen LogP contribution in [0, 0.1) is 11.3 Å². The second-order valence-corrected chi connectivity index (χ2v) is 5.30. The molecule has 0 bridgehead atoms. The fourth-order valence-electron chi connectivity index (χ4n) is 2.40. The van der Waals surface area contributed by atoms with Crippen LogP contribution in [0.15, 0.2) is 60.7 Å². The number of carbonyl (C=O) groups is 1. The second-order valence-electron chi connectivity index (χ2n) is 5.30. The normalized spacial score (nSPS) is 12.9. The lowest BCUT2D eigenvalue weighted by Gasteiger charge is -2.25. The highest BCUT2D eigenvalue weighted by Crippen LogP contribution is 2.31. The summed E-state index contributed by atoms with van der Waals surface area (Å²) in [6.45, 7) is 1.25. The second kappa shape index (κ2) is 8.11. The van der Waals surface area contributed by atoms with Crippen LogP contribution in [0.3, 0.4) is 0 Å². The summed E-state index contributed by atoms with van der Waals surface area (Å²) in [4.78, 5) is 21.0. The Labute approximate surface area is 136 Å². The molecule has 0 aliphatic carbocycles. The number of nitrogens with zero attached hydrogens (tertiary/aromatic N) is 1. The summed E-state index contributed by atoms with van der Waals surface area (Å²) in [5.41, 5.74) is 0.582. The molecular weight excluding hydrogens is 290 g/mol. The molecule has 23 heavy (non-hydrogen) atoms. The molecule has 0 saturated heterocycles. The molecule has 0 saturated carbocycles. The molecular formula is C19H19NO3. The van der Waals surface area contributed by atoms with E-state index in [1.54, 1.807) is 12.1 Å². The van der Waals surface area contributed by atoms with Gasteiger partial charge in [0.2, 0.25) is 5.60 Å². The minimum absolute atomic E-state index is 0.426. The molecule has 0 aliphatic heterocycles. The first-order chi connectivity index (χ1) is 11.2. The number of carbonyl (C=O) groups excluding carboxylic acids is 1.